The molecule has 0 saturated carbocycles. The predicted octanol–water partition coefficient (Wildman–Crippen LogP) is 5.18. The molecule has 6 rings (SSSR count). The molecular formula is C25H20ClFN6O. The van der Waals surface area contributed by atoms with E-state index < -0.39 is 5.82 Å². The van der Waals surface area contributed by atoms with Crippen molar-refractivity contribution in [1.29, 1.82) is 0 Å². The average molecular weight is 475 g/mol. The number of aromatic amines is 1. The molecule has 9 heteroatoms. The summed E-state index contributed by atoms with van der Waals surface area (Å²) >= 11 is 6.41. The molecule has 0 aliphatic carbocycles. The van der Waals surface area contributed by atoms with Crippen molar-refractivity contribution in [3.63, 3.8) is 0 Å². The Morgan fingerprint density at radius 2 is 1.97 bits per heavy atom. The van der Waals surface area contributed by atoms with Gasteiger partial charge in [0.15, 0.2) is 0 Å². The number of halogens is 2. The topological polar surface area (TPSA) is 79.7 Å². The van der Waals surface area contributed by atoms with Gasteiger partial charge in [-0.1, -0.05) is 23.7 Å². The molecule has 1 aliphatic heterocycles. The molecule has 34 heavy (non-hydrogen) atoms. The molecule has 4 heterocycles. The molecule has 170 valence electrons. The van der Waals surface area contributed by atoms with E-state index >= 15 is 0 Å². The second kappa shape index (κ2) is 7.92. The molecule has 1 fully saturated rings. The van der Waals surface area contributed by atoms with Crippen LogP contribution in [-0.2, 0) is 0 Å². The fourth-order valence-electron chi connectivity index (χ4n) is 4.95. The molecular weight excluding hydrogens is 455 g/mol. The van der Waals surface area contributed by atoms with Crippen LogP contribution in [0.3, 0.4) is 0 Å². The molecule has 7 nitrogen and oxygen atoms in total. The van der Waals surface area contributed by atoms with Gasteiger partial charge in [-0.3, -0.25) is 9.36 Å². The number of H-pyrrole nitrogens is 1. The lowest BCUT2D eigenvalue weighted by atomic mass is 10.1. The zero-order valence-electron chi connectivity index (χ0n) is 18.2. The highest BCUT2D eigenvalue weighted by Crippen LogP contribution is 2.41. The number of nitrogens with zero attached hydrogens (tertiary/aromatic N) is 5. The summed E-state index contributed by atoms with van der Waals surface area (Å²) in [6.45, 7) is 2.13. The van der Waals surface area contributed by atoms with Crippen LogP contribution in [0.1, 0.15) is 31.6 Å². The van der Waals surface area contributed by atoms with Crippen LogP contribution < -0.4 is 10.5 Å². The highest BCUT2D eigenvalue weighted by molar-refractivity contribution is 6.35. The molecule has 0 amide bonds. The van der Waals surface area contributed by atoms with Gasteiger partial charge in [-0.25, -0.2) is 19.3 Å². The van der Waals surface area contributed by atoms with Crippen LogP contribution in [0.2, 0.25) is 5.02 Å². The summed E-state index contributed by atoms with van der Waals surface area (Å²) in [7, 11) is 0. The summed E-state index contributed by atoms with van der Waals surface area (Å²) in [5.74, 6) is 0.862. The number of benzene rings is 2. The molecule has 0 unspecified atom stereocenters. The van der Waals surface area contributed by atoms with E-state index in [0.29, 0.717) is 27.4 Å². The van der Waals surface area contributed by atoms with Crippen LogP contribution >= 0.6 is 11.6 Å². The lowest BCUT2D eigenvalue weighted by Crippen LogP contribution is -2.35. The maximum absolute atomic E-state index is 14.2. The number of hydrogen-bond acceptors (Lipinski definition) is 5. The second-order valence-electron chi connectivity index (χ2n) is 8.51. The third-order valence-electron chi connectivity index (χ3n) is 6.48. The molecule has 0 spiro atoms. The normalized spacial score (nSPS) is 18.3. The van der Waals surface area contributed by atoms with E-state index in [0.717, 1.165) is 29.7 Å². The number of hydrogen-bond donors (Lipinski definition) is 1. The van der Waals surface area contributed by atoms with Gasteiger partial charge in [0.25, 0.3) is 5.56 Å². The van der Waals surface area contributed by atoms with E-state index in [9.17, 15) is 9.18 Å². The van der Waals surface area contributed by atoms with Crippen LogP contribution in [0.25, 0.3) is 27.6 Å². The van der Waals surface area contributed by atoms with Crippen LogP contribution in [0.4, 0.5) is 10.2 Å². The van der Waals surface area contributed by atoms with Crippen LogP contribution in [0, 0.1) is 5.82 Å². The van der Waals surface area contributed by atoms with Crippen LogP contribution in [0.5, 0.6) is 0 Å². The van der Waals surface area contributed by atoms with E-state index in [2.05, 4.69) is 26.8 Å². The summed E-state index contributed by atoms with van der Waals surface area (Å²) in [6.07, 6.45) is 5.00. The first-order chi connectivity index (χ1) is 16.5. The van der Waals surface area contributed by atoms with Gasteiger partial charge in [0.2, 0.25) is 0 Å². The van der Waals surface area contributed by atoms with Gasteiger partial charge in [0.1, 0.15) is 29.4 Å². The molecule has 1 saturated heterocycles. The second-order valence-corrected chi connectivity index (χ2v) is 8.92. The van der Waals surface area contributed by atoms with Gasteiger partial charge in [-0.15, -0.1) is 0 Å². The molecule has 2 aromatic carbocycles. The first-order valence-electron chi connectivity index (χ1n) is 11.1. The average Bonchev–Trinajstić information content (AvgIpc) is 3.45. The Balaban J connectivity index is 1.64. The standard InChI is InChI=1S/C25H20ClFN6O/c1-14-8-9-20(32(14)23-17-10-11-28-22(17)29-13-30-23)24-31-19-7-3-6-18(26)21(19)25(34)33(24)16-5-2-4-15(27)12-16/h2-7,10-14,20H,8-9H2,1H3,(H,28,29,30)/t14-,20-/m0/s1. The molecule has 3 aromatic heterocycles. The molecule has 0 bridgehead atoms. The van der Waals surface area contributed by atoms with Crippen molar-refractivity contribution >= 4 is 39.4 Å². The van der Waals surface area contributed by atoms with Gasteiger partial charge in [-0.2, -0.15) is 0 Å². The summed E-state index contributed by atoms with van der Waals surface area (Å²) in [5.41, 5.74) is 1.33. The van der Waals surface area contributed by atoms with Crippen molar-refractivity contribution in [2.45, 2.75) is 31.8 Å². The Kier molecular flexibility index (Phi) is 4.84. The summed E-state index contributed by atoms with van der Waals surface area (Å²) in [6, 6.07) is 13.0. The van der Waals surface area contributed by atoms with Gasteiger partial charge >= 0.3 is 0 Å². The van der Waals surface area contributed by atoms with Gasteiger partial charge < -0.3 is 9.88 Å². The third kappa shape index (κ3) is 3.17. The monoisotopic (exact) mass is 474 g/mol. The minimum Gasteiger partial charge on any atom is -0.346 e. The predicted molar refractivity (Wildman–Crippen MR) is 130 cm³/mol. The van der Waals surface area contributed by atoms with Gasteiger partial charge in [0.05, 0.1) is 33.0 Å². The Morgan fingerprint density at radius 3 is 2.82 bits per heavy atom. The van der Waals surface area contributed by atoms with Crippen LogP contribution in [-0.4, -0.2) is 30.5 Å². The Labute approximate surface area is 198 Å². The maximum Gasteiger partial charge on any atom is 0.267 e. The van der Waals surface area contributed by atoms with Crippen molar-refractivity contribution in [3.8, 4) is 5.69 Å². The quantitative estimate of drug-likeness (QED) is 0.390. The van der Waals surface area contributed by atoms with Crippen molar-refractivity contribution in [2.75, 3.05) is 4.90 Å². The molecule has 1 aliphatic rings. The lowest BCUT2D eigenvalue weighted by molar-refractivity contribution is 0.609. The smallest absolute Gasteiger partial charge is 0.267 e. The minimum absolute atomic E-state index is 0.144. The Hall–Kier alpha value is -3.78. The van der Waals surface area contributed by atoms with Crippen molar-refractivity contribution in [2.24, 2.45) is 0 Å². The van der Waals surface area contributed by atoms with Crippen molar-refractivity contribution < 1.29 is 4.39 Å². The number of nitrogens with one attached hydrogen (secondary N) is 1. The maximum atomic E-state index is 14.2. The zero-order chi connectivity index (χ0) is 23.4. The number of rotatable bonds is 3. The first-order valence-corrected chi connectivity index (χ1v) is 11.4. The highest BCUT2D eigenvalue weighted by Gasteiger charge is 2.37. The summed E-state index contributed by atoms with van der Waals surface area (Å²) < 4.78 is 15.7. The van der Waals surface area contributed by atoms with Crippen molar-refractivity contribution in [1.82, 2.24) is 24.5 Å². The van der Waals surface area contributed by atoms with E-state index in [1.54, 1.807) is 30.3 Å². The van der Waals surface area contributed by atoms with Gasteiger partial charge in [0, 0.05) is 12.2 Å². The molecule has 0 radical (unpaired) electrons. The lowest BCUT2D eigenvalue weighted by Gasteiger charge is -2.31. The van der Waals surface area contributed by atoms with E-state index in [1.807, 2.05) is 12.3 Å². The number of anilines is 1. The fourth-order valence-corrected chi connectivity index (χ4v) is 5.20. The number of fused-ring (bicyclic) bond motifs is 2. The molecule has 1 N–H and O–H groups in total. The van der Waals surface area contributed by atoms with E-state index in [4.69, 9.17) is 16.6 Å². The van der Waals surface area contributed by atoms with E-state index in [-0.39, 0.29) is 17.6 Å². The minimum atomic E-state index is -0.434. The van der Waals surface area contributed by atoms with Crippen molar-refractivity contribution in [3.05, 3.63) is 88.1 Å². The fraction of sp³-hybridized carbons (Fsp3) is 0.200. The highest BCUT2D eigenvalue weighted by atomic mass is 35.5. The SMILES string of the molecule is C[C@H]1CC[C@@H](c2nc3cccc(Cl)c3c(=O)n2-c2cccc(F)c2)N1c1ncnc2[nH]ccc12. The Morgan fingerprint density at radius 1 is 1.12 bits per heavy atom. The van der Waals surface area contributed by atoms with E-state index in [1.165, 1.54) is 23.0 Å². The molecule has 2 atom stereocenters. The third-order valence-corrected chi connectivity index (χ3v) is 6.80. The molecule has 5 aromatic rings. The first kappa shape index (κ1) is 20.8. The Bertz CT molecular complexity index is 1610. The van der Waals surface area contributed by atoms with Crippen LogP contribution in [0.15, 0.2) is 65.8 Å². The summed E-state index contributed by atoms with van der Waals surface area (Å²) in [4.78, 5) is 33.0. The number of aromatic nitrogens is 5. The zero-order valence-corrected chi connectivity index (χ0v) is 19.0. The van der Waals surface area contributed by atoms with Gasteiger partial charge in [-0.05, 0) is 56.2 Å². The largest absolute Gasteiger partial charge is 0.346 e. The summed E-state index contributed by atoms with van der Waals surface area (Å²) in [5, 5.41) is 1.52.